The summed E-state index contributed by atoms with van der Waals surface area (Å²) in [6.07, 6.45) is 3.31. The molecular weight excluding hydrogens is 268 g/mol. The van der Waals surface area contributed by atoms with Gasteiger partial charge < -0.3 is 4.90 Å². The fourth-order valence-corrected chi connectivity index (χ4v) is 2.76. The summed E-state index contributed by atoms with van der Waals surface area (Å²) in [5.41, 5.74) is 2.68. The first-order valence-electron chi connectivity index (χ1n) is 6.64. The molecule has 3 rings (SSSR count). The van der Waals surface area contributed by atoms with Crippen molar-refractivity contribution in [3.8, 4) is 0 Å². The Morgan fingerprint density at radius 3 is 2.71 bits per heavy atom. The SMILES string of the molecule is C=CC(=O)N1CCc2cccc(C3=CC(=O)N(C)C3=O)c21. The minimum Gasteiger partial charge on any atom is -0.308 e. The number of anilines is 1. The van der Waals surface area contributed by atoms with Gasteiger partial charge in [0, 0.05) is 25.2 Å². The zero-order valence-corrected chi connectivity index (χ0v) is 11.6. The molecule has 0 unspecified atom stereocenters. The topological polar surface area (TPSA) is 57.7 Å². The molecule has 0 bridgehead atoms. The zero-order chi connectivity index (χ0) is 15.1. The highest BCUT2D eigenvalue weighted by Gasteiger charge is 2.34. The van der Waals surface area contributed by atoms with E-state index in [2.05, 4.69) is 6.58 Å². The van der Waals surface area contributed by atoms with Crippen molar-refractivity contribution < 1.29 is 14.4 Å². The van der Waals surface area contributed by atoms with Crippen LogP contribution in [0.2, 0.25) is 0 Å². The van der Waals surface area contributed by atoms with Crippen molar-refractivity contribution in [1.82, 2.24) is 4.90 Å². The van der Waals surface area contributed by atoms with Gasteiger partial charge in [0.25, 0.3) is 11.8 Å². The van der Waals surface area contributed by atoms with E-state index in [-0.39, 0.29) is 17.7 Å². The Morgan fingerprint density at radius 2 is 2.10 bits per heavy atom. The molecular formula is C16H14N2O3. The van der Waals surface area contributed by atoms with Crippen LogP contribution in [-0.2, 0) is 20.8 Å². The average molecular weight is 282 g/mol. The molecule has 0 radical (unpaired) electrons. The molecule has 2 aliphatic heterocycles. The number of nitrogens with zero attached hydrogens (tertiary/aromatic N) is 2. The smallest absolute Gasteiger partial charge is 0.261 e. The normalized spacial score (nSPS) is 17.1. The number of rotatable bonds is 2. The van der Waals surface area contributed by atoms with Crippen LogP contribution in [0.5, 0.6) is 0 Å². The molecule has 106 valence electrons. The van der Waals surface area contributed by atoms with E-state index >= 15 is 0 Å². The summed E-state index contributed by atoms with van der Waals surface area (Å²) in [4.78, 5) is 38.5. The van der Waals surface area contributed by atoms with Crippen molar-refractivity contribution in [3.05, 3.63) is 48.1 Å². The number of hydrogen-bond acceptors (Lipinski definition) is 3. The van der Waals surface area contributed by atoms with Gasteiger partial charge in [-0.2, -0.15) is 0 Å². The fourth-order valence-electron chi connectivity index (χ4n) is 2.76. The Labute approximate surface area is 122 Å². The van der Waals surface area contributed by atoms with Gasteiger partial charge in [-0.15, -0.1) is 0 Å². The first-order chi connectivity index (χ1) is 10.0. The lowest BCUT2D eigenvalue weighted by Crippen LogP contribution is -2.28. The van der Waals surface area contributed by atoms with Crippen LogP contribution in [0.1, 0.15) is 11.1 Å². The van der Waals surface area contributed by atoms with Crippen LogP contribution in [0, 0.1) is 0 Å². The number of carbonyl (C=O) groups excluding carboxylic acids is 3. The minimum absolute atomic E-state index is 0.202. The van der Waals surface area contributed by atoms with Crippen molar-refractivity contribution in [2.45, 2.75) is 6.42 Å². The monoisotopic (exact) mass is 282 g/mol. The predicted octanol–water partition coefficient (Wildman–Crippen LogP) is 1.14. The maximum atomic E-state index is 12.2. The maximum absolute atomic E-state index is 12.2. The highest BCUT2D eigenvalue weighted by atomic mass is 16.2. The van der Waals surface area contributed by atoms with E-state index in [1.54, 1.807) is 11.0 Å². The summed E-state index contributed by atoms with van der Waals surface area (Å²) in [6.45, 7) is 4.07. The summed E-state index contributed by atoms with van der Waals surface area (Å²) in [7, 11) is 1.45. The lowest BCUT2D eigenvalue weighted by molar-refractivity contribution is -0.134. The van der Waals surface area contributed by atoms with Crippen LogP contribution in [0.3, 0.4) is 0 Å². The molecule has 5 heteroatoms. The summed E-state index contributed by atoms with van der Waals surface area (Å²) >= 11 is 0. The Kier molecular flexibility index (Phi) is 2.97. The molecule has 0 spiro atoms. The second-order valence-corrected chi connectivity index (χ2v) is 5.02. The Hall–Kier alpha value is -2.69. The highest BCUT2D eigenvalue weighted by molar-refractivity contribution is 6.34. The van der Waals surface area contributed by atoms with Crippen molar-refractivity contribution in [3.63, 3.8) is 0 Å². The third-order valence-corrected chi connectivity index (χ3v) is 3.86. The van der Waals surface area contributed by atoms with E-state index in [1.165, 1.54) is 19.2 Å². The number of imide groups is 1. The summed E-state index contributed by atoms with van der Waals surface area (Å²) in [5, 5.41) is 0. The standard InChI is InChI=1S/C16H14N2O3/c1-3-13(19)18-8-7-10-5-4-6-11(15(10)18)12-9-14(20)17(2)16(12)21/h3-6,9H,1,7-8H2,2H3. The number of carbonyl (C=O) groups is 3. The Balaban J connectivity index is 2.15. The molecule has 0 aromatic heterocycles. The van der Waals surface area contributed by atoms with Gasteiger partial charge in [-0.3, -0.25) is 19.3 Å². The first-order valence-corrected chi connectivity index (χ1v) is 6.64. The van der Waals surface area contributed by atoms with Crippen molar-refractivity contribution in [2.75, 3.05) is 18.5 Å². The van der Waals surface area contributed by atoms with Crippen LogP contribution >= 0.6 is 0 Å². The van der Waals surface area contributed by atoms with Crippen LogP contribution < -0.4 is 4.90 Å². The predicted molar refractivity (Wildman–Crippen MR) is 78.5 cm³/mol. The van der Waals surface area contributed by atoms with Crippen molar-refractivity contribution in [2.24, 2.45) is 0 Å². The number of para-hydroxylation sites is 1. The Morgan fingerprint density at radius 1 is 1.33 bits per heavy atom. The summed E-state index contributed by atoms with van der Waals surface area (Å²) in [6, 6.07) is 5.54. The molecule has 5 nitrogen and oxygen atoms in total. The number of benzene rings is 1. The van der Waals surface area contributed by atoms with Gasteiger partial charge in [-0.1, -0.05) is 24.8 Å². The molecule has 0 atom stereocenters. The molecule has 0 N–H and O–H groups in total. The van der Waals surface area contributed by atoms with Crippen molar-refractivity contribution >= 4 is 29.0 Å². The minimum atomic E-state index is -0.341. The summed E-state index contributed by atoms with van der Waals surface area (Å²) in [5.74, 6) is -0.884. The lowest BCUT2D eigenvalue weighted by Gasteiger charge is -2.19. The molecule has 1 aromatic carbocycles. The number of hydrogen-bond donors (Lipinski definition) is 0. The first kappa shape index (κ1) is 13.3. The van der Waals surface area contributed by atoms with E-state index < -0.39 is 0 Å². The summed E-state index contributed by atoms with van der Waals surface area (Å²) < 4.78 is 0. The van der Waals surface area contributed by atoms with Gasteiger partial charge in [0.05, 0.1) is 11.3 Å². The average Bonchev–Trinajstić information content (AvgIpc) is 3.03. The van der Waals surface area contributed by atoms with E-state index in [4.69, 9.17) is 0 Å². The van der Waals surface area contributed by atoms with E-state index in [1.807, 2.05) is 12.1 Å². The second-order valence-electron chi connectivity index (χ2n) is 5.02. The van der Waals surface area contributed by atoms with Gasteiger partial charge in [-0.25, -0.2) is 0 Å². The van der Waals surface area contributed by atoms with Crippen LogP contribution in [0.4, 0.5) is 5.69 Å². The quantitative estimate of drug-likeness (QED) is 0.604. The second kappa shape index (κ2) is 4.70. The molecule has 2 aliphatic rings. The number of fused-ring (bicyclic) bond motifs is 1. The van der Waals surface area contributed by atoms with Crippen LogP contribution in [-0.4, -0.2) is 36.2 Å². The molecule has 1 aromatic rings. The Bertz CT molecular complexity index is 718. The van der Waals surface area contributed by atoms with E-state index in [0.29, 0.717) is 23.4 Å². The van der Waals surface area contributed by atoms with Gasteiger partial charge in [0.1, 0.15) is 0 Å². The molecule has 2 heterocycles. The molecule has 0 fully saturated rings. The molecule has 3 amide bonds. The molecule has 21 heavy (non-hydrogen) atoms. The largest absolute Gasteiger partial charge is 0.308 e. The number of amides is 3. The van der Waals surface area contributed by atoms with E-state index in [0.717, 1.165) is 16.9 Å². The van der Waals surface area contributed by atoms with Crippen molar-refractivity contribution in [1.29, 1.82) is 0 Å². The third-order valence-electron chi connectivity index (χ3n) is 3.86. The zero-order valence-electron chi connectivity index (χ0n) is 11.6. The molecule has 0 saturated carbocycles. The molecule has 0 saturated heterocycles. The maximum Gasteiger partial charge on any atom is 0.261 e. The van der Waals surface area contributed by atoms with Crippen LogP contribution in [0.15, 0.2) is 36.9 Å². The molecule has 0 aliphatic carbocycles. The van der Waals surface area contributed by atoms with Gasteiger partial charge in [0.2, 0.25) is 5.91 Å². The van der Waals surface area contributed by atoms with Gasteiger partial charge in [0.15, 0.2) is 0 Å². The van der Waals surface area contributed by atoms with E-state index in [9.17, 15) is 14.4 Å². The lowest BCUT2D eigenvalue weighted by atomic mass is 10.0. The third kappa shape index (κ3) is 1.89. The highest BCUT2D eigenvalue weighted by Crippen LogP contribution is 2.37. The fraction of sp³-hybridized carbons (Fsp3) is 0.188. The number of likely N-dealkylation sites (N-methyl/N-ethyl adjacent to an activating group) is 1. The van der Waals surface area contributed by atoms with Crippen LogP contribution in [0.25, 0.3) is 5.57 Å². The van der Waals surface area contributed by atoms with Gasteiger partial charge in [-0.05, 0) is 18.1 Å². The van der Waals surface area contributed by atoms with Gasteiger partial charge >= 0.3 is 0 Å².